The van der Waals surface area contributed by atoms with E-state index in [-0.39, 0.29) is 18.0 Å². The van der Waals surface area contributed by atoms with Gasteiger partial charge in [-0.15, -0.1) is 0 Å². The standard InChI is InChI=1S/C28H27N3O3/c32-18-20-3-7-21(8-4-20)22-9-12-24-25(15-22)26(28(34)30-27(24)33)16-29-23-10-5-19(6-11-23)17-31-13-1-2-14-31/h3-12,15-16,32H,1-2,13-14,17-18H2,(H2,30,33,34). The number of aromatic amines is 1. The molecule has 0 aliphatic carbocycles. The van der Waals surface area contributed by atoms with Crippen LogP contribution in [0.4, 0.5) is 5.69 Å². The van der Waals surface area contributed by atoms with E-state index in [4.69, 9.17) is 0 Å². The van der Waals surface area contributed by atoms with Crippen molar-refractivity contribution in [2.45, 2.75) is 26.0 Å². The molecule has 2 heterocycles. The summed E-state index contributed by atoms with van der Waals surface area (Å²) >= 11 is 0. The van der Waals surface area contributed by atoms with Gasteiger partial charge in [-0.05, 0) is 72.5 Å². The van der Waals surface area contributed by atoms with Crippen LogP contribution >= 0.6 is 0 Å². The minimum Gasteiger partial charge on any atom is -0.494 e. The molecule has 0 amide bonds. The molecule has 172 valence electrons. The second-order valence-corrected chi connectivity index (χ2v) is 8.74. The van der Waals surface area contributed by atoms with Crippen LogP contribution in [0, 0.1) is 0 Å². The summed E-state index contributed by atoms with van der Waals surface area (Å²) in [5, 5.41) is 20.9. The van der Waals surface area contributed by atoms with Crippen molar-refractivity contribution in [3.63, 3.8) is 0 Å². The molecule has 0 spiro atoms. The van der Waals surface area contributed by atoms with Crippen LogP contribution < -0.4 is 5.56 Å². The zero-order valence-corrected chi connectivity index (χ0v) is 18.9. The normalized spacial score (nSPS) is 14.4. The summed E-state index contributed by atoms with van der Waals surface area (Å²) in [4.78, 5) is 22.0. The van der Waals surface area contributed by atoms with E-state index in [2.05, 4.69) is 27.0 Å². The van der Waals surface area contributed by atoms with Gasteiger partial charge in [0, 0.05) is 23.5 Å². The molecule has 0 saturated carbocycles. The molecule has 0 bridgehead atoms. The average Bonchev–Trinajstić information content (AvgIpc) is 3.38. The Hall–Kier alpha value is -3.74. The van der Waals surface area contributed by atoms with Crippen LogP contribution in [-0.4, -0.2) is 39.4 Å². The monoisotopic (exact) mass is 453 g/mol. The van der Waals surface area contributed by atoms with E-state index < -0.39 is 0 Å². The van der Waals surface area contributed by atoms with Crippen LogP contribution in [0.1, 0.15) is 29.5 Å². The first kappa shape index (κ1) is 22.1. The third kappa shape index (κ3) is 4.64. The van der Waals surface area contributed by atoms with E-state index in [0.717, 1.165) is 42.0 Å². The van der Waals surface area contributed by atoms with E-state index in [1.165, 1.54) is 18.4 Å². The van der Waals surface area contributed by atoms with Crippen molar-refractivity contribution in [1.29, 1.82) is 0 Å². The molecule has 6 heteroatoms. The number of aromatic nitrogens is 1. The van der Waals surface area contributed by atoms with Crippen LogP contribution in [-0.2, 0) is 13.2 Å². The highest BCUT2D eigenvalue weighted by Gasteiger charge is 2.13. The number of nitrogens with zero attached hydrogens (tertiary/aromatic N) is 2. The fraction of sp³-hybridized carbons (Fsp3) is 0.214. The topological polar surface area (TPSA) is 88.9 Å². The Bertz CT molecular complexity index is 1380. The Morgan fingerprint density at radius 1 is 0.882 bits per heavy atom. The second-order valence-electron chi connectivity index (χ2n) is 8.74. The first-order chi connectivity index (χ1) is 16.6. The summed E-state index contributed by atoms with van der Waals surface area (Å²) in [5.74, 6) is -0.209. The molecule has 0 unspecified atom stereocenters. The van der Waals surface area contributed by atoms with Gasteiger partial charge in [-0.25, -0.2) is 0 Å². The fourth-order valence-corrected chi connectivity index (χ4v) is 4.47. The van der Waals surface area contributed by atoms with Gasteiger partial charge in [0.05, 0.1) is 17.9 Å². The zero-order valence-electron chi connectivity index (χ0n) is 18.9. The van der Waals surface area contributed by atoms with Crippen molar-refractivity contribution in [3.05, 3.63) is 93.8 Å². The van der Waals surface area contributed by atoms with Crippen molar-refractivity contribution in [3.8, 4) is 17.0 Å². The summed E-state index contributed by atoms with van der Waals surface area (Å²) in [6, 6.07) is 21.2. The number of fused-ring (bicyclic) bond motifs is 1. The predicted molar refractivity (Wildman–Crippen MR) is 136 cm³/mol. The van der Waals surface area contributed by atoms with Crippen LogP contribution in [0.15, 0.2) is 76.5 Å². The van der Waals surface area contributed by atoms with Crippen LogP contribution in [0.3, 0.4) is 0 Å². The molecule has 6 nitrogen and oxygen atoms in total. The molecule has 3 aromatic carbocycles. The minimum absolute atomic E-state index is 0.0128. The summed E-state index contributed by atoms with van der Waals surface area (Å²) in [5.41, 5.74) is 4.84. The molecule has 4 aromatic rings. The number of aliphatic hydroxyl groups excluding tert-OH is 1. The molecular weight excluding hydrogens is 426 g/mol. The number of aliphatic imine (C=N–C) groups is 1. The third-order valence-corrected chi connectivity index (χ3v) is 6.40. The summed E-state index contributed by atoms with van der Waals surface area (Å²) < 4.78 is 0. The van der Waals surface area contributed by atoms with Crippen LogP contribution in [0.5, 0.6) is 5.88 Å². The molecule has 0 radical (unpaired) electrons. The lowest BCUT2D eigenvalue weighted by molar-refractivity contribution is 0.282. The molecule has 1 fully saturated rings. The van der Waals surface area contributed by atoms with Gasteiger partial charge in [-0.3, -0.25) is 19.7 Å². The number of hydrogen-bond donors (Lipinski definition) is 3. The zero-order chi connectivity index (χ0) is 23.5. The lowest BCUT2D eigenvalue weighted by Gasteiger charge is -2.14. The van der Waals surface area contributed by atoms with E-state index in [1.54, 1.807) is 12.3 Å². The van der Waals surface area contributed by atoms with E-state index >= 15 is 0 Å². The molecule has 1 aromatic heterocycles. The second kappa shape index (κ2) is 9.63. The largest absolute Gasteiger partial charge is 0.494 e. The SMILES string of the molecule is O=c1[nH]c(O)c(C=Nc2ccc(CN3CCCC3)cc2)c2cc(-c3ccc(CO)cc3)ccc12. The Labute approximate surface area is 197 Å². The molecule has 3 N–H and O–H groups in total. The third-order valence-electron chi connectivity index (χ3n) is 6.40. The molecule has 1 aliphatic rings. The number of benzene rings is 3. The van der Waals surface area contributed by atoms with Crippen molar-refractivity contribution in [1.82, 2.24) is 9.88 Å². The van der Waals surface area contributed by atoms with Gasteiger partial charge >= 0.3 is 0 Å². The van der Waals surface area contributed by atoms with Crippen molar-refractivity contribution in [2.24, 2.45) is 4.99 Å². The molecule has 0 atom stereocenters. The van der Waals surface area contributed by atoms with Gasteiger partial charge in [0.1, 0.15) is 0 Å². The Morgan fingerprint density at radius 3 is 2.26 bits per heavy atom. The quantitative estimate of drug-likeness (QED) is 0.368. The maximum absolute atomic E-state index is 12.4. The number of rotatable bonds is 6. The average molecular weight is 454 g/mol. The summed E-state index contributed by atoms with van der Waals surface area (Å²) in [7, 11) is 0. The Balaban J connectivity index is 1.46. The highest BCUT2D eigenvalue weighted by Crippen LogP contribution is 2.28. The number of aromatic hydroxyl groups is 1. The van der Waals surface area contributed by atoms with Crippen molar-refractivity contribution < 1.29 is 10.2 Å². The lowest BCUT2D eigenvalue weighted by Crippen LogP contribution is -2.18. The van der Waals surface area contributed by atoms with Gasteiger partial charge in [-0.2, -0.15) is 0 Å². The van der Waals surface area contributed by atoms with Crippen molar-refractivity contribution in [2.75, 3.05) is 13.1 Å². The predicted octanol–water partition coefficient (Wildman–Crippen LogP) is 4.74. The molecule has 1 saturated heterocycles. The number of nitrogens with one attached hydrogen (secondary N) is 1. The number of aliphatic hydroxyl groups is 1. The molecular formula is C28H27N3O3. The summed E-state index contributed by atoms with van der Waals surface area (Å²) in [6.07, 6.45) is 4.14. The van der Waals surface area contributed by atoms with E-state index in [1.807, 2.05) is 48.5 Å². The van der Waals surface area contributed by atoms with Gasteiger partial charge in [0.15, 0.2) is 0 Å². The Morgan fingerprint density at radius 2 is 1.56 bits per heavy atom. The highest BCUT2D eigenvalue weighted by atomic mass is 16.3. The first-order valence-electron chi connectivity index (χ1n) is 11.6. The van der Waals surface area contributed by atoms with Gasteiger partial charge < -0.3 is 10.2 Å². The van der Waals surface area contributed by atoms with Crippen LogP contribution in [0.2, 0.25) is 0 Å². The van der Waals surface area contributed by atoms with Gasteiger partial charge in [-0.1, -0.05) is 42.5 Å². The molecule has 1 aliphatic heterocycles. The van der Waals surface area contributed by atoms with Gasteiger partial charge in [0.25, 0.3) is 5.56 Å². The maximum atomic E-state index is 12.4. The molecule has 34 heavy (non-hydrogen) atoms. The van der Waals surface area contributed by atoms with E-state index in [0.29, 0.717) is 16.3 Å². The maximum Gasteiger partial charge on any atom is 0.258 e. The van der Waals surface area contributed by atoms with Gasteiger partial charge in [0.2, 0.25) is 5.88 Å². The first-order valence-corrected chi connectivity index (χ1v) is 11.6. The highest BCUT2D eigenvalue weighted by molar-refractivity contribution is 6.03. The summed E-state index contributed by atoms with van der Waals surface area (Å²) in [6.45, 7) is 3.26. The van der Waals surface area contributed by atoms with Crippen molar-refractivity contribution >= 4 is 22.7 Å². The minimum atomic E-state index is -0.349. The van der Waals surface area contributed by atoms with Crippen LogP contribution in [0.25, 0.3) is 21.9 Å². The Kier molecular flexibility index (Phi) is 6.25. The molecule has 5 rings (SSSR count). The number of H-pyrrole nitrogens is 1. The lowest BCUT2D eigenvalue weighted by atomic mass is 9.99. The fourth-order valence-electron chi connectivity index (χ4n) is 4.47. The number of hydrogen-bond acceptors (Lipinski definition) is 5. The van der Waals surface area contributed by atoms with E-state index in [9.17, 15) is 15.0 Å². The number of pyridine rings is 1. The number of likely N-dealkylation sites (tertiary alicyclic amines) is 1. The smallest absolute Gasteiger partial charge is 0.258 e.